The van der Waals surface area contributed by atoms with Crippen LogP contribution in [0.15, 0.2) is 52.0 Å². The predicted octanol–water partition coefficient (Wildman–Crippen LogP) is 3.27. The molecule has 1 aliphatic heterocycles. The Morgan fingerprint density at radius 1 is 1.27 bits per heavy atom. The molecule has 2 aromatic rings. The molecule has 1 aromatic heterocycles. The zero-order chi connectivity index (χ0) is 21.5. The molecule has 1 aliphatic rings. The van der Waals surface area contributed by atoms with E-state index in [9.17, 15) is 14.4 Å². The van der Waals surface area contributed by atoms with E-state index >= 15 is 0 Å². The lowest BCUT2D eigenvalue weighted by Crippen LogP contribution is -2.41. The van der Waals surface area contributed by atoms with Crippen molar-refractivity contribution < 1.29 is 19.1 Å². The average Bonchev–Trinajstić information content (AvgIpc) is 3.27. The van der Waals surface area contributed by atoms with E-state index in [1.807, 2.05) is 24.4 Å². The molecule has 1 atom stereocenters. The molecule has 1 saturated heterocycles. The Labute approximate surface area is 181 Å². The summed E-state index contributed by atoms with van der Waals surface area (Å²) < 4.78 is 4.93. The number of ether oxygens (including phenoxy) is 1. The van der Waals surface area contributed by atoms with Gasteiger partial charge in [0.25, 0.3) is 0 Å². The number of hydrogen-bond acceptors (Lipinski definition) is 8. The number of carbonyl (C=O) groups excluding carboxylic acids is 3. The van der Waals surface area contributed by atoms with E-state index in [0.29, 0.717) is 17.9 Å². The van der Waals surface area contributed by atoms with E-state index in [1.54, 1.807) is 42.5 Å². The van der Waals surface area contributed by atoms with Crippen LogP contribution >= 0.6 is 23.1 Å². The molecule has 1 fully saturated rings. The lowest BCUT2D eigenvalue weighted by atomic mass is 10.2. The standard InChI is InChI=1S/C20H20N4O4S2/c1-3-28-19(27)13-6-8-14(9-7-13)21-18(26)16-11-17(25)22-20(30-16)24-23-12(2)15-5-4-10-29-15/h4-10,16H,3,11H2,1-2H3,(H,21,26)(H,22,24,25)/b23-12-/t16-/m1/s1. The number of carbonyl (C=O) groups is 3. The number of nitrogens with zero attached hydrogens (tertiary/aromatic N) is 2. The first kappa shape index (κ1) is 21.7. The van der Waals surface area contributed by atoms with Gasteiger partial charge < -0.3 is 15.4 Å². The van der Waals surface area contributed by atoms with Crippen LogP contribution < -0.4 is 10.6 Å². The second kappa shape index (κ2) is 10.2. The molecule has 3 rings (SSSR count). The molecular formula is C20H20N4O4S2. The van der Waals surface area contributed by atoms with E-state index in [0.717, 1.165) is 22.4 Å². The van der Waals surface area contributed by atoms with Gasteiger partial charge in [0, 0.05) is 12.1 Å². The summed E-state index contributed by atoms with van der Waals surface area (Å²) >= 11 is 2.69. The molecule has 0 spiro atoms. The van der Waals surface area contributed by atoms with Gasteiger partial charge in [0.1, 0.15) is 5.25 Å². The van der Waals surface area contributed by atoms with Gasteiger partial charge in [-0.25, -0.2) is 4.79 Å². The molecule has 0 saturated carbocycles. The summed E-state index contributed by atoms with van der Waals surface area (Å²) in [6, 6.07) is 10.2. The summed E-state index contributed by atoms with van der Waals surface area (Å²) in [5, 5.41) is 15.2. The first-order chi connectivity index (χ1) is 14.5. The Morgan fingerprint density at radius 2 is 2.03 bits per heavy atom. The van der Waals surface area contributed by atoms with E-state index in [2.05, 4.69) is 20.8 Å². The predicted molar refractivity (Wildman–Crippen MR) is 119 cm³/mol. The summed E-state index contributed by atoms with van der Waals surface area (Å²) in [6.07, 6.45) is 0.0318. The molecule has 30 heavy (non-hydrogen) atoms. The number of nitrogens with one attached hydrogen (secondary N) is 2. The number of thioether (sulfide) groups is 1. The number of amidine groups is 1. The molecule has 0 aliphatic carbocycles. The minimum Gasteiger partial charge on any atom is -0.462 e. The number of esters is 1. The molecule has 10 heteroatoms. The second-order valence-corrected chi connectivity index (χ2v) is 8.35. The van der Waals surface area contributed by atoms with Gasteiger partial charge in [-0.2, -0.15) is 5.10 Å². The van der Waals surface area contributed by atoms with Crippen LogP contribution in [0.25, 0.3) is 0 Å². The molecule has 0 unspecified atom stereocenters. The molecule has 8 nitrogen and oxygen atoms in total. The van der Waals surface area contributed by atoms with Gasteiger partial charge in [-0.15, -0.1) is 16.4 Å². The first-order valence-electron chi connectivity index (χ1n) is 9.17. The van der Waals surface area contributed by atoms with Crippen molar-refractivity contribution in [2.45, 2.75) is 25.5 Å². The largest absolute Gasteiger partial charge is 0.462 e. The summed E-state index contributed by atoms with van der Waals surface area (Å²) in [5.41, 5.74) is 1.64. The zero-order valence-corrected chi connectivity index (χ0v) is 18.0. The van der Waals surface area contributed by atoms with Crippen molar-refractivity contribution in [2.24, 2.45) is 10.2 Å². The molecular weight excluding hydrogens is 424 g/mol. The van der Waals surface area contributed by atoms with Crippen LogP contribution in [0.3, 0.4) is 0 Å². The highest BCUT2D eigenvalue weighted by atomic mass is 32.2. The molecule has 2 heterocycles. The van der Waals surface area contributed by atoms with Crippen molar-refractivity contribution in [3.8, 4) is 0 Å². The molecule has 0 bridgehead atoms. The monoisotopic (exact) mass is 444 g/mol. The van der Waals surface area contributed by atoms with Gasteiger partial charge in [0.2, 0.25) is 11.8 Å². The molecule has 1 aromatic carbocycles. The summed E-state index contributed by atoms with van der Waals surface area (Å²) in [4.78, 5) is 37.3. The fourth-order valence-corrected chi connectivity index (χ4v) is 4.12. The fraction of sp³-hybridized carbons (Fsp3) is 0.250. The van der Waals surface area contributed by atoms with Crippen molar-refractivity contribution >= 4 is 57.4 Å². The normalized spacial score (nSPS) is 18.1. The summed E-state index contributed by atoms with van der Waals surface area (Å²) in [7, 11) is 0. The summed E-state index contributed by atoms with van der Waals surface area (Å²) in [5.74, 6) is -1.05. The van der Waals surface area contributed by atoms with Gasteiger partial charge in [0.15, 0.2) is 5.17 Å². The van der Waals surface area contributed by atoms with Crippen molar-refractivity contribution in [1.29, 1.82) is 0 Å². The lowest BCUT2D eigenvalue weighted by Gasteiger charge is -2.21. The number of hydrogen-bond donors (Lipinski definition) is 2. The third-order valence-corrected chi connectivity index (χ3v) is 6.05. The van der Waals surface area contributed by atoms with Crippen LogP contribution in [0.4, 0.5) is 5.69 Å². The maximum absolute atomic E-state index is 12.6. The van der Waals surface area contributed by atoms with Crippen LogP contribution in [-0.2, 0) is 14.3 Å². The van der Waals surface area contributed by atoms with Gasteiger partial charge >= 0.3 is 5.97 Å². The van der Waals surface area contributed by atoms with Crippen LogP contribution in [-0.4, -0.2) is 40.5 Å². The van der Waals surface area contributed by atoms with Gasteiger partial charge in [-0.3, -0.25) is 9.59 Å². The molecule has 0 radical (unpaired) electrons. The molecule has 2 amide bonds. The SMILES string of the molecule is CCOC(=O)c1ccc(NC(=O)[C@H]2CC(=O)N/C(=N/N=C(/C)c3cccs3)S2)cc1. The smallest absolute Gasteiger partial charge is 0.338 e. The van der Waals surface area contributed by atoms with Crippen molar-refractivity contribution in [3.63, 3.8) is 0 Å². The Bertz CT molecular complexity index is 985. The number of thiophene rings is 1. The Morgan fingerprint density at radius 3 is 2.70 bits per heavy atom. The lowest BCUT2D eigenvalue weighted by molar-refractivity contribution is -0.123. The number of amides is 2. The molecule has 156 valence electrons. The highest BCUT2D eigenvalue weighted by Crippen LogP contribution is 2.23. The van der Waals surface area contributed by atoms with Crippen molar-refractivity contribution in [1.82, 2.24) is 5.32 Å². The van der Waals surface area contributed by atoms with Crippen LogP contribution in [0, 0.1) is 0 Å². The Balaban J connectivity index is 1.64. The third kappa shape index (κ3) is 5.77. The van der Waals surface area contributed by atoms with Gasteiger partial charge in [-0.05, 0) is 49.6 Å². The number of rotatable bonds is 6. The maximum Gasteiger partial charge on any atom is 0.338 e. The molecule has 2 N–H and O–H groups in total. The fourth-order valence-electron chi connectivity index (χ4n) is 2.52. The van der Waals surface area contributed by atoms with Crippen LogP contribution in [0.2, 0.25) is 0 Å². The van der Waals surface area contributed by atoms with E-state index in [-0.39, 0.29) is 23.4 Å². The third-order valence-electron chi connectivity index (χ3n) is 4.00. The zero-order valence-electron chi connectivity index (χ0n) is 16.4. The van der Waals surface area contributed by atoms with Gasteiger partial charge in [0.05, 0.1) is 22.8 Å². The maximum atomic E-state index is 12.6. The quantitative estimate of drug-likeness (QED) is 0.404. The Hall–Kier alpha value is -2.98. The Kier molecular flexibility index (Phi) is 7.36. The summed E-state index contributed by atoms with van der Waals surface area (Å²) in [6.45, 7) is 3.85. The topological polar surface area (TPSA) is 109 Å². The van der Waals surface area contributed by atoms with Gasteiger partial charge in [-0.1, -0.05) is 17.8 Å². The van der Waals surface area contributed by atoms with E-state index in [4.69, 9.17) is 4.74 Å². The van der Waals surface area contributed by atoms with Crippen LogP contribution in [0.5, 0.6) is 0 Å². The number of anilines is 1. The minimum absolute atomic E-state index is 0.0318. The average molecular weight is 445 g/mol. The van der Waals surface area contributed by atoms with Crippen LogP contribution in [0.1, 0.15) is 35.5 Å². The van der Waals surface area contributed by atoms with Crippen molar-refractivity contribution in [2.75, 3.05) is 11.9 Å². The van der Waals surface area contributed by atoms with E-state index < -0.39 is 11.2 Å². The minimum atomic E-state index is -0.639. The highest BCUT2D eigenvalue weighted by Gasteiger charge is 2.30. The van der Waals surface area contributed by atoms with Crippen molar-refractivity contribution in [3.05, 3.63) is 52.2 Å². The van der Waals surface area contributed by atoms with E-state index in [1.165, 1.54) is 0 Å². The number of benzene rings is 1. The second-order valence-electron chi connectivity index (χ2n) is 6.21. The highest BCUT2D eigenvalue weighted by molar-refractivity contribution is 8.15. The first-order valence-corrected chi connectivity index (χ1v) is 10.9.